The second-order valence-electron chi connectivity index (χ2n) is 11.8. The van der Waals surface area contributed by atoms with Crippen LogP contribution in [0.15, 0.2) is 35.3 Å². The number of amidine groups is 1. The molecule has 5 fully saturated rings. The number of rotatable bonds is 5. The lowest BCUT2D eigenvalue weighted by atomic mass is 9.47. The van der Waals surface area contributed by atoms with Gasteiger partial charge in [0.05, 0.1) is 11.6 Å². The highest BCUT2D eigenvalue weighted by molar-refractivity contribution is 6.09. The highest BCUT2D eigenvalue weighted by Gasteiger charge is 2.59. The minimum atomic E-state index is -0.877. The number of likely N-dealkylation sites (tertiary alicyclic amines) is 1. The molecule has 6 rings (SSSR count). The van der Waals surface area contributed by atoms with Gasteiger partial charge in [0.2, 0.25) is 11.8 Å². The molecule has 1 aromatic rings. The molecule has 3 N–H and O–H groups in total. The molecule has 4 saturated carbocycles. The monoisotopic (exact) mass is 461 g/mol. The van der Waals surface area contributed by atoms with Crippen LogP contribution in [0.1, 0.15) is 64.9 Å². The van der Waals surface area contributed by atoms with E-state index in [2.05, 4.69) is 31.3 Å². The minimum absolute atomic E-state index is 0.000255. The number of carbonyl (C=O) groups excluding carboxylic acids is 2. The van der Waals surface area contributed by atoms with E-state index in [1.54, 1.807) is 0 Å². The number of benzene rings is 1. The second-order valence-corrected chi connectivity index (χ2v) is 11.8. The third-order valence-corrected chi connectivity index (χ3v) is 9.43. The normalized spacial score (nSPS) is 37.1. The van der Waals surface area contributed by atoms with Crippen LogP contribution in [0.4, 0.5) is 0 Å². The first-order chi connectivity index (χ1) is 16.1. The number of amides is 2. The van der Waals surface area contributed by atoms with Crippen LogP contribution in [0.3, 0.4) is 0 Å². The fraction of sp³-hybridized carbons (Fsp3) is 0.630. The van der Waals surface area contributed by atoms with Crippen molar-refractivity contribution in [2.75, 3.05) is 6.54 Å². The molecule has 1 saturated heterocycles. The predicted octanol–water partition coefficient (Wildman–Crippen LogP) is 3.31. The molecule has 1 aliphatic heterocycles. The molecule has 1 heterocycles. The van der Waals surface area contributed by atoms with Gasteiger partial charge in [-0.05, 0) is 82.6 Å². The van der Waals surface area contributed by atoms with Gasteiger partial charge >= 0.3 is 0 Å². The quantitative estimate of drug-likeness (QED) is 0.303. The molecule has 34 heavy (non-hydrogen) atoms. The molecule has 4 aliphatic carbocycles. The van der Waals surface area contributed by atoms with Gasteiger partial charge in [-0.1, -0.05) is 30.3 Å². The molecular weight excluding hydrogens is 426 g/mol. The SMILES string of the molecule is CC1(C(=NC2C3CC4CC2CC(C(N)=O)(C4)C3)NC#N)CCN(C(C)(C)c2ccccc2)C1=O. The summed E-state index contributed by atoms with van der Waals surface area (Å²) < 4.78 is 0. The van der Waals surface area contributed by atoms with Crippen LogP contribution in [0.25, 0.3) is 0 Å². The summed E-state index contributed by atoms with van der Waals surface area (Å²) in [4.78, 5) is 33.3. The Balaban J connectivity index is 1.44. The van der Waals surface area contributed by atoms with Crippen LogP contribution in [0, 0.1) is 40.0 Å². The molecule has 0 radical (unpaired) electrons. The van der Waals surface area contributed by atoms with Crippen molar-refractivity contribution in [2.45, 2.75) is 70.9 Å². The predicted molar refractivity (Wildman–Crippen MR) is 129 cm³/mol. The van der Waals surface area contributed by atoms with E-state index < -0.39 is 11.0 Å². The van der Waals surface area contributed by atoms with Crippen molar-refractivity contribution in [3.05, 3.63) is 35.9 Å². The largest absolute Gasteiger partial charge is 0.369 e. The minimum Gasteiger partial charge on any atom is -0.369 e. The second kappa shape index (κ2) is 7.83. The summed E-state index contributed by atoms with van der Waals surface area (Å²) >= 11 is 0. The van der Waals surface area contributed by atoms with Gasteiger partial charge in [0.1, 0.15) is 11.3 Å². The number of nitrogens with one attached hydrogen (secondary N) is 1. The zero-order valence-corrected chi connectivity index (χ0v) is 20.4. The van der Waals surface area contributed by atoms with Crippen LogP contribution >= 0.6 is 0 Å². The summed E-state index contributed by atoms with van der Waals surface area (Å²) in [6.07, 6.45) is 7.23. The van der Waals surface area contributed by atoms with Crippen molar-refractivity contribution in [3.8, 4) is 6.19 Å². The third-order valence-electron chi connectivity index (χ3n) is 9.43. The van der Waals surface area contributed by atoms with Crippen LogP contribution in [0.2, 0.25) is 0 Å². The summed E-state index contributed by atoms with van der Waals surface area (Å²) in [5.41, 5.74) is 5.20. The van der Waals surface area contributed by atoms with Crippen LogP contribution in [-0.2, 0) is 15.1 Å². The molecule has 2 amide bonds. The Morgan fingerprint density at radius 2 is 1.85 bits per heavy atom. The van der Waals surface area contributed by atoms with Crippen molar-refractivity contribution >= 4 is 17.6 Å². The number of hydrogen-bond donors (Lipinski definition) is 2. The molecule has 3 unspecified atom stereocenters. The smallest absolute Gasteiger partial charge is 0.236 e. The molecule has 180 valence electrons. The van der Waals surface area contributed by atoms with Crippen molar-refractivity contribution in [1.82, 2.24) is 10.2 Å². The first-order valence-corrected chi connectivity index (χ1v) is 12.5. The highest BCUT2D eigenvalue weighted by Crippen LogP contribution is 2.61. The lowest BCUT2D eigenvalue weighted by molar-refractivity contribution is -0.144. The summed E-state index contributed by atoms with van der Waals surface area (Å²) in [6, 6.07) is 10.1. The van der Waals surface area contributed by atoms with Gasteiger partial charge < -0.3 is 10.6 Å². The van der Waals surface area contributed by atoms with Crippen LogP contribution in [-0.4, -0.2) is 35.1 Å². The number of hydrogen-bond acceptors (Lipinski definition) is 4. The Kier molecular flexibility index (Phi) is 5.27. The Morgan fingerprint density at radius 3 is 2.44 bits per heavy atom. The average molecular weight is 462 g/mol. The third kappa shape index (κ3) is 3.33. The molecule has 7 nitrogen and oxygen atoms in total. The maximum Gasteiger partial charge on any atom is 0.236 e. The van der Waals surface area contributed by atoms with Crippen molar-refractivity contribution in [1.29, 1.82) is 5.26 Å². The van der Waals surface area contributed by atoms with E-state index in [0.29, 0.717) is 24.7 Å². The Hall–Kier alpha value is -2.88. The molecule has 5 aliphatic rings. The number of aliphatic imine (C=N–C) groups is 1. The Morgan fingerprint density at radius 1 is 1.21 bits per heavy atom. The number of nitrogens with two attached hydrogens (primary N) is 1. The highest BCUT2D eigenvalue weighted by atomic mass is 16.2. The van der Waals surface area contributed by atoms with Crippen molar-refractivity contribution in [3.63, 3.8) is 0 Å². The maximum absolute atomic E-state index is 13.9. The fourth-order valence-electron chi connectivity index (χ4n) is 7.62. The van der Waals surface area contributed by atoms with E-state index >= 15 is 0 Å². The Labute approximate surface area is 201 Å². The average Bonchev–Trinajstić information content (AvgIpc) is 3.11. The fourth-order valence-corrected chi connectivity index (χ4v) is 7.62. The van der Waals surface area contributed by atoms with E-state index in [1.807, 2.05) is 36.2 Å². The molecule has 0 aromatic heterocycles. The van der Waals surface area contributed by atoms with Crippen LogP contribution in [0.5, 0.6) is 0 Å². The van der Waals surface area contributed by atoms with Gasteiger partial charge in [0.25, 0.3) is 0 Å². The van der Waals surface area contributed by atoms with Gasteiger partial charge in [-0.2, -0.15) is 5.26 Å². The van der Waals surface area contributed by atoms with E-state index in [9.17, 15) is 14.9 Å². The van der Waals surface area contributed by atoms with Crippen molar-refractivity contribution in [2.24, 2.45) is 39.3 Å². The van der Waals surface area contributed by atoms with Crippen LogP contribution < -0.4 is 11.1 Å². The van der Waals surface area contributed by atoms with E-state index in [0.717, 1.165) is 37.7 Å². The molecule has 0 spiro atoms. The molecule has 3 atom stereocenters. The van der Waals surface area contributed by atoms with E-state index in [1.165, 1.54) is 0 Å². The summed E-state index contributed by atoms with van der Waals surface area (Å²) in [5.74, 6) is 1.42. The molecule has 7 heteroatoms. The Bertz CT molecular complexity index is 1060. The van der Waals surface area contributed by atoms with Gasteiger partial charge in [-0.15, -0.1) is 0 Å². The van der Waals surface area contributed by atoms with Gasteiger partial charge in [0.15, 0.2) is 6.19 Å². The number of carbonyl (C=O) groups is 2. The van der Waals surface area contributed by atoms with Gasteiger partial charge in [-0.3, -0.25) is 19.9 Å². The summed E-state index contributed by atoms with van der Waals surface area (Å²) in [6.45, 7) is 6.66. The first kappa shape index (κ1) is 22.9. The zero-order chi connectivity index (χ0) is 24.3. The van der Waals surface area contributed by atoms with Gasteiger partial charge in [-0.25, -0.2) is 0 Å². The van der Waals surface area contributed by atoms with E-state index in [4.69, 9.17) is 10.7 Å². The van der Waals surface area contributed by atoms with E-state index in [-0.39, 0.29) is 35.1 Å². The standard InChI is InChI=1S/C27H35N5O2/c1-25(2,20-7-5-4-6-8-20)32-10-9-26(3,24(32)34)23(30-16-28)31-21-18-11-17-12-19(21)15-27(13-17,14-18)22(29)33/h4-8,17-19,21H,9-15H2,1-3H3,(H2,29,33)(H,30,31). The zero-order valence-electron chi connectivity index (χ0n) is 20.4. The molecular formula is C27H35N5O2. The lowest BCUT2D eigenvalue weighted by Crippen LogP contribution is -2.58. The number of primary amides is 1. The molecule has 4 bridgehead atoms. The first-order valence-electron chi connectivity index (χ1n) is 12.5. The molecule has 1 aromatic carbocycles. The maximum atomic E-state index is 13.9. The summed E-state index contributed by atoms with van der Waals surface area (Å²) in [5, 5.41) is 12.4. The van der Waals surface area contributed by atoms with Crippen molar-refractivity contribution < 1.29 is 9.59 Å². The number of nitrogens with zero attached hydrogens (tertiary/aromatic N) is 3. The van der Waals surface area contributed by atoms with Gasteiger partial charge in [0, 0.05) is 12.0 Å². The number of nitriles is 1. The topological polar surface area (TPSA) is 112 Å². The lowest BCUT2D eigenvalue weighted by Gasteiger charge is -2.57. The summed E-state index contributed by atoms with van der Waals surface area (Å²) in [7, 11) is 0.